The maximum absolute atomic E-state index is 13.7. The van der Waals surface area contributed by atoms with Crippen molar-refractivity contribution >= 4 is 39.8 Å². The number of anilines is 2. The van der Waals surface area contributed by atoms with Gasteiger partial charge >= 0.3 is 6.01 Å². The van der Waals surface area contributed by atoms with Crippen molar-refractivity contribution in [2.45, 2.75) is 44.7 Å². The molecule has 4 heterocycles. The second-order valence-corrected chi connectivity index (χ2v) is 12.1. The number of nitrogens with zero attached hydrogens (tertiary/aromatic N) is 6. The molecule has 0 saturated carbocycles. The van der Waals surface area contributed by atoms with E-state index in [9.17, 15) is 9.18 Å². The number of aromatic nitrogens is 2. The zero-order valence-corrected chi connectivity index (χ0v) is 25.1. The lowest BCUT2D eigenvalue weighted by Gasteiger charge is -2.40. The van der Waals surface area contributed by atoms with Crippen molar-refractivity contribution < 1.29 is 13.9 Å². The van der Waals surface area contributed by atoms with Gasteiger partial charge in [0, 0.05) is 67.9 Å². The smallest absolute Gasteiger partial charge is 0.318 e. The van der Waals surface area contributed by atoms with Crippen molar-refractivity contribution in [3.05, 3.63) is 65.1 Å². The van der Waals surface area contributed by atoms with Crippen LogP contribution in [0.1, 0.15) is 31.0 Å². The Hall–Kier alpha value is -3.43. The van der Waals surface area contributed by atoms with Crippen LogP contribution in [0.3, 0.4) is 0 Å². The van der Waals surface area contributed by atoms with Crippen LogP contribution in [-0.4, -0.2) is 90.7 Å². The van der Waals surface area contributed by atoms with E-state index in [2.05, 4.69) is 52.6 Å². The van der Waals surface area contributed by atoms with Gasteiger partial charge in [0.05, 0.1) is 10.7 Å². The Bertz CT molecular complexity index is 1500. The number of ether oxygens (including phenoxy) is 1. The predicted octanol–water partition coefficient (Wildman–Crippen LogP) is 4.88. The van der Waals surface area contributed by atoms with E-state index in [1.165, 1.54) is 6.42 Å². The first-order valence-electron chi connectivity index (χ1n) is 14.9. The van der Waals surface area contributed by atoms with Gasteiger partial charge in [0.2, 0.25) is 0 Å². The molecule has 1 aromatic heterocycles. The molecular weight excluding hydrogens is 555 g/mol. The Kier molecular flexibility index (Phi) is 8.23. The first-order chi connectivity index (χ1) is 20.3. The minimum absolute atomic E-state index is 0.194. The zero-order chi connectivity index (χ0) is 29.4. The van der Waals surface area contributed by atoms with Gasteiger partial charge < -0.3 is 24.3 Å². The fourth-order valence-electron chi connectivity index (χ4n) is 6.63. The standard InChI is InChI=1S/C32H38ClFN6O2/c1-21-19-39(17-18-40(21)31(41)22(2)34)30-25-12-15-38(28-11-5-8-23-7-4-10-26(33)29(23)28)16-13-27(25)35-32(36-30)42-20-24-9-6-14-37(24)3/h4-5,7-8,10-11,21,24H,2,6,9,12-20H2,1,3H3/t21-,24?/m1/s1. The van der Waals surface area contributed by atoms with E-state index in [4.69, 9.17) is 26.3 Å². The highest BCUT2D eigenvalue weighted by Crippen LogP contribution is 2.35. The quantitative estimate of drug-likeness (QED) is 0.378. The summed E-state index contributed by atoms with van der Waals surface area (Å²) >= 11 is 6.69. The Morgan fingerprint density at radius 1 is 1.07 bits per heavy atom. The van der Waals surface area contributed by atoms with Crippen LogP contribution in [-0.2, 0) is 17.6 Å². The Balaban J connectivity index is 1.30. The summed E-state index contributed by atoms with van der Waals surface area (Å²) < 4.78 is 19.9. The molecule has 222 valence electrons. The Morgan fingerprint density at radius 3 is 2.60 bits per heavy atom. The van der Waals surface area contributed by atoms with Crippen LogP contribution in [0, 0.1) is 0 Å². The summed E-state index contributed by atoms with van der Waals surface area (Å²) in [6.07, 6.45) is 3.76. The summed E-state index contributed by atoms with van der Waals surface area (Å²) in [6.45, 7) is 9.82. The average molecular weight is 593 g/mol. The van der Waals surface area contributed by atoms with E-state index in [1.54, 1.807) is 4.90 Å². The van der Waals surface area contributed by atoms with Crippen LogP contribution < -0.4 is 14.5 Å². The molecule has 2 saturated heterocycles. The molecule has 3 aliphatic heterocycles. The van der Waals surface area contributed by atoms with Gasteiger partial charge in [0.1, 0.15) is 12.4 Å². The molecule has 0 N–H and O–H groups in total. The highest BCUT2D eigenvalue weighted by atomic mass is 35.5. The number of carbonyl (C=O) groups excluding carboxylic acids is 1. The van der Waals surface area contributed by atoms with Crippen LogP contribution in [0.25, 0.3) is 10.8 Å². The lowest BCUT2D eigenvalue weighted by atomic mass is 10.1. The minimum Gasteiger partial charge on any atom is -0.462 e. The SMILES string of the molecule is C=C(F)C(=O)N1CCN(c2nc(OCC3CCCN3C)nc3c2CCN(c2cccc4cccc(Cl)c24)CC3)C[C@H]1C. The number of amides is 1. The molecule has 6 rings (SSSR count). The molecule has 1 unspecified atom stereocenters. The number of likely N-dealkylation sites (tertiary alicyclic amines) is 1. The zero-order valence-electron chi connectivity index (χ0n) is 24.4. The van der Waals surface area contributed by atoms with Crippen LogP contribution in [0.4, 0.5) is 15.9 Å². The molecule has 0 radical (unpaired) electrons. The molecule has 3 aromatic rings. The maximum Gasteiger partial charge on any atom is 0.318 e. The highest BCUT2D eigenvalue weighted by Gasteiger charge is 2.32. The molecular formula is C32H38ClFN6O2. The second-order valence-electron chi connectivity index (χ2n) is 11.6. The summed E-state index contributed by atoms with van der Waals surface area (Å²) in [4.78, 5) is 30.8. The van der Waals surface area contributed by atoms with Gasteiger partial charge in [-0.25, -0.2) is 4.39 Å². The Labute approximate surface area is 251 Å². The van der Waals surface area contributed by atoms with E-state index < -0.39 is 11.7 Å². The molecule has 2 fully saturated rings. The molecule has 42 heavy (non-hydrogen) atoms. The monoisotopic (exact) mass is 592 g/mol. The third-order valence-corrected chi connectivity index (χ3v) is 9.28. The summed E-state index contributed by atoms with van der Waals surface area (Å²) in [6, 6.07) is 12.9. The predicted molar refractivity (Wildman–Crippen MR) is 165 cm³/mol. The number of hydrogen-bond acceptors (Lipinski definition) is 7. The summed E-state index contributed by atoms with van der Waals surface area (Å²) in [5.74, 6) is -0.712. The summed E-state index contributed by atoms with van der Waals surface area (Å²) in [5.41, 5.74) is 3.22. The number of rotatable bonds is 6. The third-order valence-electron chi connectivity index (χ3n) is 8.97. The molecule has 1 amide bonds. The topological polar surface area (TPSA) is 65.0 Å². The minimum atomic E-state index is -0.924. The van der Waals surface area contributed by atoms with Gasteiger partial charge in [-0.15, -0.1) is 0 Å². The molecule has 0 spiro atoms. The number of fused-ring (bicyclic) bond motifs is 2. The van der Waals surface area contributed by atoms with E-state index in [-0.39, 0.29) is 6.04 Å². The number of hydrogen-bond donors (Lipinski definition) is 0. The van der Waals surface area contributed by atoms with Crippen LogP contribution >= 0.6 is 11.6 Å². The van der Waals surface area contributed by atoms with E-state index in [0.29, 0.717) is 38.3 Å². The lowest BCUT2D eigenvalue weighted by Crippen LogP contribution is -2.54. The number of likely N-dealkylation sites (N-methyl/N-ethyl adjacent to an activating group) is 1. The normalized spacial score (nSPS) is 21.4. The number of benzene rings is 2. The molecule has 3 aliphatic rings. The van der Waals surface area contributed by atoms with Gasteiger partial charge in [0.25, 0.3) is 5.91 Å². The van der Waals surface area contributed by atoms with E-state index in [1.807, 2.05) is 19.1 Å². The largest absolute Gasteiger partial charge is 0.462 e. The van der Waals surface area contributed by atoms with Gasteiger partial charge in [-0.1, -0.05) is 42.4 Å². The molecule has 2 aromatic carbocycles. The van der Waals surface area contributed by atoms with Crippen LogP contribution in [0.2, 0.25) is 5.02 Å². The van der Waals surface area contributed by atoms with Crippen molar-refractivity contribution in [3.63, 3.8) is 0 Å². The fourth-order valence-corrected chi connectivity index (χ4v) is 6.91. The molecule has 0 bridgehead atoms. The molecule has 2 atom stereocenters. The molecule has 8 nitrogen and oxygen atoms in total. The van der Waals surface area contributed by atoms with Crippen LogP contribution in [0.15, 0.2) is 48.8 Å². The van der Waals surface area contributed by atoms with Gasteiger partial charge in [-0.05, 0) is 57.3 Å². The van der Waals surface area contributed by atoms with Gasteiger partial charge in [-0.3, -0.25) is 4.79 Å². The molecule has 0 aliphatic carbocycles. The molecule has 10 heteroatoms. The maximum atomic E-state index is 13.7. The van der Waals surface area contributed by atoms with E-state index in [0.717, 1.165) is 77.5 Å². The third kappa shape index (κ3) is 5.64. The summed E-state index contributed by atoms with van der Waals surface area (Å²) in [7, 11) is 2.13. The number of carbonyl (C=O) groups is 1. The summed E-state index contributed by atoms with van der Waals surface area (Å²) in [5, 5.41) is 2.93. The van der Waals surface area contributed by atoms with Crippen LogP contribution in [0.5, 0.6) is 6.01 Å². The van der Waals surface area contributed by atoms with Crippen molar-refractivity contribution in [1.29, 1.82) is 0 Å². The lowest BCUT2D eigenvalue weighted by molar-refractivity contribution is -0.131. The number of halogens is 2. The average Bonchev–Trinajstić information content (AvgIpc) is 3.27. The van der Waals surface area contributed by atoms with Crippen molar-refractivity contribution in [1.82, 2.24) is 19.8 Å². The second kappa shape index (κ2) is 12.1. The van der Waals surface area contributed by atoms with Gasteiger partial charge in [0.15, 0.2) is 5.83 Å². The van der Waals surface area contributed by atoms with Crippen molar-refractivity contribution in [2.24, 2.45) is 0 Å². The number of piperazine rings is 1. The first-order valence-corrected chi connectivity index (χ1v) is 15.2. The van der Waals surface area contributed by atoms with E-state index >= 15 is 0 Å². The first kappa shape index (κ1) is 28.7. The van der Waals surface area contributed by atoms with Crippen molar-refractivity contribution in [3.8, 4) is 6.01 Å². The fraction of sp³-hybridized carbons (Fsp3) is 0.469. The van der Waals surface area contributed by atoms with Crippen molar-refractivity contribution in [2.75, 3.05) is 62.7 Å². The Morgan fingerprint density at radius 2 is 1.86 bits per heavy atom. The highest BCUT2D eigenvalue weighted by molar-refractivity contribution is 6.36. The van der Waals surface area contributed by atoms with Gasteiger partial charge in [-0.2, -0.15) is 9.97 Å².